The normalized spacial score (nSPS) is 24.4. The van der Waals surface area contributed by atoms with Gasteiger partial charge in [0.05, 0.1) is 12.5 Å². The Labute approximate surface area is 117 Å². The number of aliphatic carboxylic acids is 1. The SMILES string of the molecule is CC1C(C(=O)O)CCN1C(=O)c1ccc2c(c1)CCO2. The minimum Gasteiger partial charge on any atom is -0.493 e. The highest BCUT2D eigenvalue weighted by molar-refractivity contribution is 5.95. The summed E-state index contributed by atoms with van der Waals surface area (Å²) in [6.45, 7) is 2.97. The maximum absolute atomic E-state index is 12.5. The topological polar surface area (TPSA) is 66.8 Å². The average Bonchev–Trinajstić information content (AvgIpc) is 3.03. The fraction of sp³-hybridized carbons (Fsp3) is 0.467. The van der Waals surface area contributed by atoms with Crippen molar-refractivity contribution in [1.29, 1.82) is 0 Å². The molecule has 0 bridgehead atoms. The molecule has 106 valence electrons. The highest BCUT2D eigenvalue weighted by Gasteiger charge is 2.38. The standard InChI is InChI=1S/C15H17NO4/c1-9-12(15(18)19)4-6-16(9)14(17)11-2-3-13-10(8-11)5-7-20-13/h2-3,8-9,12H,4-7H2,1H3,(H,18,19). The number of ether oxygens (including phenoxy) is 1. The molecule has 1 saturated heterocycles. The van der Waals surface area contributed by atoms with E-state index in [0.717, 1.165) is 17.7 Å². The van der Waals surface area contributed by atoms with Crippen LogP contribution in [0, 0.1) is 5.92 Å². The molecule has 1 aromatic carbocycles. The molecular weight excluding hydrogens is 258 g/mol. The van der Waals surface area contributed by atoms with Gasteiger partial charge < -0.3 is 14.7 Å². The van der Waals surface area contributed by atoms with E-state index in [1.165, 1.54) is 0 Å². The van der Waals surface area contributed by atoms with E-state index in [1.807, 2.05) is 12.1 Å². The number of hydrogen-bond donors (Lipinski definition) is 1. The lowest BCUT2D eigenvalue weighted by molar-refractivity contribution is -0.142. The van der Waals surface area contributed by atoms with Crippen LogP contribution in [0.1, 0.15) is 29.3 Å². The Hall–Kier alpha value is -2.04. The van der Waals surface area contributed by atoms with Crippen LogP contribution < -0.4 is 4.74 Å². The van der Waals surface area contributed by atoms with Gasteiger partial charge in [0.2, 0.25) is 0 Å². The molecule has 2 aliphatic heterocycles. The summed E-state index contributed by atoms with van der Waals surface area (Å²) in [6.07, 6.45) is 1.35. The van der Waals surface area contributed by atoms with Crippen LogP contribution in [0.3, 0.4) is 0 Å². The van der Waals surface area contributed by atoms with Crippen molar-refractivity contribution in [3.05, 3.63) is 29.3 Å². The third-order valence-electron chi connectivity index (χ3n) is 4.27. The highest BCUT2D eigenvalue weighted by atomic mass is 16.5. The third kappa shape index (κ3) is 2.03. The number of amides is 1. The number of fused-ring (bicyclic) bond motifs is 1. The van der Waals surface area contributed by atoms with Gasteiger partial charge in [-0.2, -0.15) is 0 Å². The molecule has 0 aliphatic carbocycles. The predicted octanol–water partition coefficient (Wildman–Crippen LogP) is 1.56. The van der Waals surface area contributed by atoms with Gasteiger partial charge in [-0.25, -0.2) is 0 Å². The average molecular weight is 275 g/mol. The fourth-order valence-electron chi connectivity index (χ4n) is 3.04. The van der Waals surface area contributed by atoms with Crippen molar-refractivity contribution in [2.24, 2.45) is 5.92 Å². The number of nitrogens with zero attached hydrogens (tertiary/aromatic N) is 1. The van der Waals surface area contributed by atoms with E-state index in [1.54, 1.807) is 17.9 Å². The van der Waals surface area contributed by atoms with E-state index >= 15 is 0 Å². The molecule has 5 nitrogen and oxygen atoms in total. The first-order valence-corrected chi connectivity index (χ1v) is 6.87. The molecular formula is C15H17NO4. The Morgan fingerprint density at radius 3 is 2.90 bits per heavy atom. The largest absolute Gasteiger partial charge is 0.493 e. The number of likely N-dealkylation sites (tertiary alicyclic amines) is 1. The van der Waals surface area contributed by atoms with E-state index in [-0.39, 0.29) is 11.9 Å². The molecule has 2 aliphatic rings. The van der Waals surface area contributed by atoms with Crippen molar-refractivity contribution in [3.63, 3.8) is 0 Å². The summed E-state index contributed by atoms with van der Waals surface area (Å²) in [4.78, 5) is 25.3. The van der Waals surface area contributed by atoms with Crippen LogP contribution in [0.25, 0.3) is 0 Å². The van der Waals surface area contributed by atoms with Crippen LogP contribution in [-0.2, 0) is 11.2 Å². The number of carbonyl (C=O) groups excluding carboxylic acids is 1. The minimum absolute atomic E-state index is 0.0871. The summed E-state index contributed by atoms with van der Waals surface area (Å²) in [7, 11) is 0. The van der Waals surface area contributed by atoms with E-state index in [9.17, 15) is 9.59 Å². The zero-order valence-electron chi connectivity index (χ0n) is 11.3. The van der Waals surface area contributed by atoms with Crippen LogP contribution in [0.5, 0.6) is 5.75 Å². The molecule has 2 unspecified atom stereocenters. The van der Waals surface area contributed by atoms with Gasteiger partial charge in [0.15, 0.2) is 0 Å². The van der Waals surface area contributed by atoms with Gasteiger partial charge in [0.25, 0.3) is 5.91 Å². The summed E-state index contributed by atoms with van der Waals surface area (Å²) in [6, 6.07) is 5.19. The summed E-state index contributed by atoms with van der Waals surface area (Å²) in [5.41, 5.74) is 1.67. The first-order valence-electron chi connectivity index (χ1n) is 6.87. The van der Waals surface area contributed by atoms with Crippen molar-refractivity contribution in [3.8, 4) is 5.75 Å². The van der Waals surface area contributed by atoms with Crippen molar-refractivity contribution in [2.45, 2.75) is 25.8 Å². The van der Waals surface area contributed by atoms with Gasteiger partial charge in [-0.15, -0.1) is 0 Å². The fourth-order valence-corrected chi connectivity index (χ4v) is 3.04. The van der Waals surface area contributed by atoms with Crippen molar-refractivity contribution in [2.75, 3.05) is 13.2 Å². The third-order valence-corrected chi connectivity index (χ3v) is 4.27. The number of carbonyl (C=O) groups is 2. The van der Waals surface area contributed by atoms with Crippen LogP contribution >= 0.6 is 0 Å². The molecule has 3 rings (SSSR count). The van der Waals surface area contributed by atoms with Crippen molar-refractivity contribution >= 4 is 11.9 Å². The Balaban J connectivity index is 1.81. The van der Waals surface area contributed by atoms with Gasteiger partial charge in [-0.3, -0.25) is 9.59 Å². The van der Waals surface area contributed by atoms with E-state index in [0.29, 0.717) is 25.1 Å². The maximum atomic E-state index is 12.5. The maximum Gasteiger partial charge on any atom is 0.308 e. The van der Waals surface area contributed by atoms with Crippen LogP contribution in [0.15, 0.2) is 18.2 Å². The van der Waals surface area contributed by atoms with Gasteiger partial charge >= 0.3 is 5.97 Å². The predicted molar refractivity (Wildman–Crippen MR) is 71.9 cm³/mol. The van der Waals surface area contributed by atoms with E-state index in [2.05, 4.69) is 0 Å². The molecule has 1 amide bonds. The number of benzene rings is 1. The van der Waals surface area contributed by atoms with Crippen molar-refractivity contribution < 1.29 is 19.4 Å². The van der Waals surface area contributed by atoms with Crippen molar-refractivity contribution in [1.82, 2.24) is 4.90 Å². The smallest absolute Gasteiger partial charge is 0.308 e. The Morgan fingerprint density at radius 2 is 2.20 bits per heavy atom. The zero-order chi connectivity index (χ0) is 14.3. The molecule has 2 heterocycles. The van der Waals surface area contributed by atoms with E-state index < -0.39 is 11.9 Å². The van der Waals surface area contributed by atoms with Gasteiger partial charge in [0.1, 0.15) is 5.75 Å². The molecule has 20 heavy (non-hydrogen) atoms. The number of rotatable bonds is 2. The number of hydrogen-bond acceptors (Lipinski definition) is 3. The van der Waals surface area contributed by atoms with Gasteiger partial charge in [0, 0.05) is 24.6 Å². The molecule has 2 atom stereocenters. The second-order valence-corrected chi connectivity index (χ2v) is 5.39. The van der Waals surface area contributed by atoms with E-state index in [4.69, 9.17) is 9.84 Å². The van der Waals surface area contributed by atoms with Crippen LogP contribution in [-0.4, -0.2) is 41.1 Å². The molecule has 5 heteroatoms. The Morgan fingerprint density at radius 1 is 1.40 bits per heavy atom. The molecule has 1 N–H and O–H groups in total. The Kier molecular flexibility index (Phi) is 3.12. The minimum atomic E-state index is -0.824. The highest BCUT2D eigenvalue weighted by Crippen LogP contribution is 2.29. The van der Waals surface area contributed by atoms with Crippen LogP contribution in [0.2, 0.25) is 0 Å². The summed E-state index contributed by atoms with van der Waals surface area (Å²) >= 11 is 0. The molecule has 1 aromatic rings. The lowest BCUT2D eigenvalue weighted by atomic mass is 10.0. The lowest BCUT2D eigenvalue weighted by Gasteiger charge is -2.23. The molecule has 0 saturated carbocycles. The number of carboxylic acids is 1. The molecule has 0 aromatic heterocycles. The quantitative estimate of drug-likeness (QED) is 0.889. The summed E-state index contributed by atoms with van der Waals surface area (Å²) in [5, 5.41) is 9.13. The molecule has 1 fully saturated rings. The number of carboxylic acid groups (broad SMARTS) is 1. The molecule has 0 radical (unpaired) electrons. The molecule has 0 spiro atoms. The first kappa shape index (κ1) is 13.0. The zero-order valence-corrected chi connectivity index (χ0v) is 11.3. The van der Waals surface area contributed by atoms with Crippen LogP contribution in [0.4, 0.5) is 0 Å². The van der Waals surface area contributed by atoms with Gasteiger partial charge in [-0.1, -0.05) is 0 Å². The summed E-state index contributed by atoms with van der Waals surface area (Å²) in [5.74, 6) is -0.526. The second-order valence-electron chi connectivity index (χ2n) is 5.39. The Bertz CT molecular complexity index is 569. The van der Waals surface area contributed by atoms with Gasteiger partial charge in [-0.05, 0) is 37.1 Å². The monoisotopic (exact) mass is 275 g/mol. The summed E-state index contributed by atoms with van der Waals surface area (Å²) < 4.78 is 5.43. The first-order chi connectivity index (χ1) is 9.58. The second kappa shape index (κ2) is 4.81. The lowest BCUT2D eigenvalue weighted by Crippen LogP contribution is -2.37.